The van der Waals surface area contributed by atoms with Crippen molar-refractivity contribution < 1.29 is 14.6 Å². The zero-order valence-corrected chi connectivity index (χ0v) is 23.1. The van der Waals surface area contributed by atoms with E-state index in [-0.39, 0.29) is 23.7 Å². The Balaban J connectivity index is 1.64. The van der Waals surface area contributed by atoms with Crippen molar-refractivity contribution in [1.29, 1.82) is 0 Å². The van der Waals surface area contributed by atoms with E-state index in [1.54, 1.807) is 25.4 Å². The van der Waals surface area contributed by atoms with Crippen LogP contribution in [0.25, 0.3) is 5.69 Å². The summed E-state index contributed by atoms with van der Waals surface area (Å²) >= 11 is 5.91. The standard InChI is InChI=1S/C30H31N5O3S/c1-5-27(37)32-24-14-11-21(17-26(24)38-4)35-29(28(33-30(35)39)25-8-6-7-15-31-25)23-16-18(2)34(19(23)3)20-9-12-22(36)13-10-20/h6-17,28-29,36H,5H2,1-4H3,(H,32,37)(H,33,39)/t28-,29+/m0/s1. The number of phenolic OH excluding ortho intramolecular Hbond substituents is 1. The minimum absolute atomic E-state index is 0.0887. The molecule has 2 aromatic carbocycles. The smallest absolute Gasteiger partial charge is 0.224 e. The molecule has 39 heavy (non-hydrogen) atoms. The first-order chi connectivity index (χ1) is 18.8. The molecule has 0 spiro atoms. The van der Waals surface area contributed by atoms with E-state index in [9.17, 15) is 9.90 Å². The van der Waals surface area contributed by atoms with Gasteiger partial charge >= 0.3 is 0 Å². The molecule has 1 aliphatic rings. The van der Waals surface area contributed by atoms with Crippen LogP contribution >= 0.6 is 12.2 Å². The number of pyridine rings is 1. The monoisotopic (exact) mass is 541 g/mol. The van der Waals surface area contributed by atoms with Crippen molar-refractivity contribution in [2.45, 2.75) is 39.3 Å². The maximum atomic E-state index is 12.1. The van der Waals surface area contributed by atoms with Crippen molar-refractivity contribution in [2.24, 2.45) is 0 Å². The molecule has 4 aromatic rings. The second kappa shape index (κ2) is 10.8. The summed E-state index contributed by atoms with van der Waals surface area (Å²) in [4.78, 5) is 18.8. The first kappa shape index (κ1) is 26.2. The molecule has 3 N–H and O–H groups in total. The maximum absolute atomic E-state index is 12.1. The van der Waals surface area contributed by atoms with E-state index in [4.69, 9.17) is 17.0 Å². The van der Waals surface area contributed by atoms with E-state index in [1.807, 2.05) is 55.5 Å². The molecule has 1 amide bonds. The number of anilines is 2. The number of benzene rings is 2. The molecule has 200 valence electrons. The number of ether oxygens (including phenoxy) is 1. The number of aromatic nitrogens is 2. The molecule has 0 bridgehead atoms. The lowest BCUT2D eigenvalue weighted by molar-refractivity contribution is -0.115. The van der Waals surface area contributed by atoms with Gasteiger partial charge in [-0.2, -0.15) is 0 Å². The number of phenols is 1. The molecule has 1 aliphatic heterocycles. The van der Waals surface area contributed by atoms with Gasteiger partial charge in [0, 0.05) is 41.4 Å². The van der Waals surface area contributed by atoms with Gasteiger partial charge in [-0.3, -0.25) is 9.78 Å². The van der Waals surface area contributed by atoms with Gasteiger partial charge in [-0.25, -0.2) is 0 Å². The Hall–Kier alpha value is -4.37. The Morgan fingerprint density at radius 2 is 1.85 bits per heavy atom. The highest BCUT2D eigenvalue weighted by molar-refractivity contribution is 7.80. The molecule has 2 aromatic heterocycles. The number of carbonyl (C=O) groups is 1. The summed E-state index contributed by atoms with van der Waals surface area (Å²) in [5.74, 6) is 0.682. The van der Waals surface area contributed by atoms with Gasteiger partial charge in [0.25, 0.3) is 0 Å². The van der Waals surface area contributed by atoms with Gasteiger partial charge in [0.15, 0.2) is 5.11 Å². The van der Waals surface area contributed by atoms with Crippen LogP contribution in [0.1, 0.15) is 48.1 Å². The summed E-state index contributed by atoms with van der Waals surface area (Å²) in [5, 5.41) is 16.8. The second-order valence-electron chi connectivity index (χ2n) is 9.46. The normalized spacial score (nSPS) is 16.7. The molecule has 0 unspecified atom stereocenters. The minimum atomic E-state index is -0.217. The Labute approximate surface area is 233 Å². The second-order valence-corrected chi connectivity index (χ2v) is 9.85. The van der Waals surface area contributed by atoms with E-state index in [0.29, 0.717) is 23.0 Å². The van der Waals surface area contributed by atoms with Gasteiger partial charge in [0.1, 0.15) is 11.5 Å². The third kappa shape index (κ3) is 4.93. The number of methoxy groups -OCH3 is 1. The Kier molecular flexibility index (Phi) is 7.26. The molecule has 0 radical (unpaired) electrons. The van der Waals surface area contributed by atoms with Crippen LogP contribution in [0.4, 0.5) is 11.4 Å². The maximum Gasteiger partial charge on any atom is 0.224 e. The fraction of sp³-hybridized carbons (Fsp3) is 0.233. The van der Waals surface area contributed by atoms with E-state index < -0.39 is 0 Å². The lowest BCUT2D eigenvalue weighted by Gasteiger charge is -2.29. The average Bonchev–Trinajstić information content (AvgIpc) is 3.44. The summed E-state index contributed by atoms with van der Waals surface area (Å²) in [7, 11) is 1.58. The number of amides is 1. The first-order valence-electron chi connectivity index (χ1n) is 12.8. The van der Waals surface area contributed by atoms with Crippen LogP contribution in [0.5, 0.6) is 11.5 Å². The van der Waals surface area contributed by atoms with Gasteiger partial charge in [-0.05, 0) is 86.2 Å². The van der Waals surface area contributed by atoms with Crippen molar-refractivity contribution in [3.63, 3.8) is 0 Å². The van der Waals surface area contributed by atoms with Crippen LogP contribution in [0, 0.1) is 13.8 Å². The highest BCUT2D eigenvalue weighted by Crippen LogP contribution is 2.45. The number of aromatic hydroxyl groups is 1. The summed E-state index contributed by atoms with van der Waals surface area (Å²) in [6.07, 6.45) is 2.16. The van der Waals surface area contributed by atoms with Crippen LogP contribution in [0.15, 0.2) is 72.9 Å². The fourth-order valence-electron chi connectivity index (χ4n) is 5.21. The number of hydrogen-bond donors (Lipinski definition) is 3. The largest absolute Gasteiger partial charge is 0.508 e. The zero-order valence-electron chi connectivity index (χ0n) is 22.3. The SMILES string of the molecule is CCC(=O)Nc1ccc(N2C(=S)N[C@@H](c3ccccn3)[C@H]2c2cc(C)n(-c3ccc(O)cc3)c2C)cc1OC. The lowest BCUT2D eigenvalue weighted by Crippen LogP contribution is -2.29. The molecule has 8 nitrogen and oxygen atoms in total. The highest BCUT2D eigenvalue weighted by atomic mass is 32.1. The Bertz CT molecular complexity index is 1520. The van der Waals surface area contributed by atoms with E-state index >= 15 is 0 Å². The predicted molar refractivity (Wildman–Crippen MR) is 157 cm³/mol. The highest BCUT2D eigenvalue weighted by Gasteiger charge is 2.42. The first-order valence-corrected chi connectivity index (χ1v) is 13.2. The number of carbonyl (C=O) groups excluding carboxylic acids is 1. The number of nitrogens with zero attached hydrogens (tertiary/aromatic N) is 3. The minimum Gasteiger partial charge on any atom is -0.508 e. The van der Waals surface area contributed by atoms with E-state index in [0.717, 1.165) is 34.0 Å². The van der Waals surface area contributed by atoms with Crippen molar-refractivity contribution >= 4 is 34.6 Å². The van der Waals surface area contributed by atoms with Crippen molar-refractivity contribution in [1.82, 2.24) is 14.9 Å². The molecule has 9 heteroatoms. The fourth-order valence-corrected chi connectivity index (χ4v) is 5.55. The molecule has 0 aliphatic carbocycles. The average molecular weight is 542 g/mol. The topological polar surface area (TPSA) is 91.7 Å². The quantitative estimate of drug-likeness (QED) is 0.258. The summed E-state index contributed by atoms with van der Waals surface area (Å²) in [6, 6.07) is 20.5. The number of hydrogen-bond acceptors (Lipinski definition) is 5. The lowest BCUT2D eigenvalue weighted by atomic mass is 9.96. The molecule has 3 heterocycles. The van der Waals surface area contributed by atoms with Crippen LogP contribution in [-0.2, 0) is 4.79 Å². The molecule has 5 rings (SSSR count). The Morgan fingerprint density at radius 1 is 1.10 bits per heavy atom. The summed E-state index contributed by atoms with van der Waals surface area (Å²) in [6.45, 7) is 5.97. The third-order valence-electron chi connectivity index (χ3n) is 7.05. The van der Waals surface area contributed by atoms with E-state index in [1.165, 1.54) is 0 Å². The van der Waals surface area contributed by atoms with Crippen LogP contribution < -0.4 is 20.3 Å². The Morgan fingerprint density at radius 3 is 2.51 bits per heavy atom. The molecule has 1 saturated heterocycles. The van der Waals surface area contributed by atoms with Gasteiger partial charge in [0.05, 0.1) is 30.6 Å². The third-order valence-corrected chi connectivity index (χ3v) is 7.37. The van der Waals surface area contributed by atoms with Crippen molar-refractivity contribution in [2.75, 3.05) is 17.3 Å². The van der Waals surface area contributed by atoms with Gasteiger partial charge in [0.2, 0.25) is 5.91 Å². The molecular formula is C30H31N5O3S. The number of nitrogens with one attached hydrogen (secondary N) is 2. The van der Waals surface area contributed by atoms with Crippen LogP contribution in [0.2, 0.25) is 0 Å². The molecule has 0 saturated carbocycles. The van der Waals surface area contributed by atoms with Crippen molar-refractivity contribution in [3.8, 4) is 17.2 Å². The summed E-state index contributed by atoms with van der Waals surface area (Å²) in [5.41, 5.74) is 6.47. The van der Waals surface area contributed by atoms with Gasteiger partial charge in [-0.15, -0.1) is 0 Å². The van der Waals surface area contributed by atoms with Crippen LogP contribution in [-0.4, -0.2) is 32.8 Å². The molecular weight excluding hydrogens is 510 g/mol. The number of rotatable bonds is 7. The van der Waals surface area contributed by atoms with Gasteiger partial charge in [-0.1, -0.05) is 13.0 Å². The summed E-state index contributed by atoms with van der Waals surface area (Å²) < 4.78 is 7.83. The number of thiocarbonyl (C=S) groups is 1. The molecule has 1 fully saturated rings. The molecule has 2 atom stereocenters. The predicted octanol–water partition coefficient (Wildman–Crippen LogP) is 5.73. The van der Waals surface area contributed by atoms with E-state index in [2.05, 4.69) is 45.0 Å². The van der Waals surface area contributed by atoms with Gasteiger partial charge < -0.3 is 29.9 Å². The van der Waals surface area contributed by atoms with Crippen LogP contribution in [0.3, 0.4) is 0 Å². The zero-order chi connectivity index (χ0) is 27.7. The van der Waals surface area contributed by atoms with Crippen molar-refractivity contribution in [3.05, 3.63) is 95.6 Å². The number of aryl methyl sites for hydroxylation is 1.